The lowest BCUT2D eigenvalue weighted by Gasteiger charge is -2.31. The van der Waals surface area contributed by atoms with Crippen LogP contribution in [-0.4, -0.2) is 34.6 Å². The largest absolute Gasteiger partial charge is 0.352 e. The number of benzene rings is 2. The first-order valence-corrected chi connectivity index (χ1v) is 12.2. The number of halogens is 2. The van der Waals surface area contributed by atoms with Gasteiger partial charge in [0.2, 0.25) is 11.8 Å². The third kappa shape index (κ3) is 7.74. The highest BCUT2D eigenvalue weighted by Gasteiger charge is 2.29. The fourth-order valence-corrected chi connectivity index (χ4v) is 4.31. The smallest absolute Gasteiger partial charge is 0.243 e. The van der Waals surface area contributed by atoms with Gasteiger partial charge in [0.05, 0.1) is 5.75 Å². The molecule has 2 amide bonds. The molecule has 2 atom stereocenters. The van der Waals surface area contributed by atoms with E-state index in [1.54, 1.807) is 23.1 Å². The summed E-state index contributed by atoms with van der Waals surface area (Å²) < 4.78 is 0. The highest BCUT2D eigenvalue weighted by Crippen LogP contribution is 2.25. The maximum Gasteiger partial charge on any atom is 0.243 e. The van der Waals surface area contributed by atoms with E-state index in [0.717, 1.165) is 16.9 Å². The summed E-state index contributed by atoms with van der Waals surface area (Å²) >= 11 is 13.9. The number of carbonyl (C=O) groups is 2. The van der Waals surface area contributed by atoms with Gasteiger partial charge in [0.25, 0.3) is 0 Å². The molecule has 0 bridgehead atoms. The summed E-state index contributed by atoms with van der Waals surface area (Å²) in [6.07, 6.45) is 1.33. The molecule has 168 valence electrons. The van der Waals surface area contributed by atoms with Gasteiger partial charge in [-0.1, -0.05) is 60.8 Å². The Labute approximate surface area is 199 Å². The number of aryl methyl sites for hydroxylation is 1. The van der Waals surface area contributed by atoms with E-state index in [1.165, 1.54) is 17.3 Å². The Bertz CT molecular complexity index is 890. The van der Waals surface area contributed by atoms with Crippen molar-refractivity contribution in [1.82, 2.24) is 10.2 Å². The molecule has 0 aliphatic carbocycles. The van der Waals surface area contributed by atoms with Crippen LogP contribution >= 0.6 is 35.0 Å². The summed E-state index contributed by atoms with van der Waals surface area (Å²) in [4.78, 5) is 28.9. The fraction of sp³-hybridized carbons (Fsp3) is 0.417. The van der Waals surface area contributed by atoms with Gasteiger partial charge in [-0.2, -0.15) is 0 Å². The van der Waals surface area contributed by atoms with E-state index < -0.39 is 6.04 Å². The molecule has 0 aliphatic heterocycles. The molecule has 4 nitrogen and oxygen atoms in total. The number of nitrogens with one attached hydrogen (secondary N) is 1. The van der Waals surface area contributed by atoms with Crippen molar-refractivity contribution in [2.24, 2.45) is 0 Å². The Hall–Kier alpha value is -1.69. The van der Waals surface area contributed by atoms with E-state index in [9.17, 15) is 9.59 Å². The third-order valence-corrected chi connectivity index (χ3v) is 6.71. The van der Waals surface area contributed by atoms with Crippen LogP contribution in [0.25, 0.3) is 0 Å². The minimum absolute atomic E-state index is 0.0413. The van der Waals surface area contributed by atoms with Crippen LogP contribution in [0.5, 0.6) is 0 Å². The van der Waals surface area contributed by atoms with Gasteiger partial charge in [0, 0.05) is 27.5 Å². The molecule has 2 unspecified atom stereocenters. The SMILES string of the molecule is CCC(C)NC(=O)C(CC)N(Cc1ccc(Cl)cc1Cl)C(=O)CSc1ccc(C)cc1. The van der Waals surface area contributed by atoms with Crippen molar-refractivity contribution in [3.05, 3.63) is 63.6 Å². The van der Waals surface area contributed by atoms with Crippen LogP contribution in [0.1, 0.15) is 44.7 Å². The minimum atomic E-state index is -0.577. The van der Waals surface area contributed by atoms with Gasteiger partial charge in [-0.25, -0.2) is 0 Å². The van der Waals surface area contributed by atoms with Gasteiger partial charge in [0.1, 0.15) is 6.04 Å². The summed E-state index contributed by atoms with van der Waals surface area (Å²) in [5.41, 5.74) is 1.93. The summed E-state index contributed by atoms with van der Waals surface area (Å²) in [6.45, 7) is 8.16. The molecular weight excluding hydrogens is 451 g/mol. The van der Waals surface area contributed by atoms with Crippen LogP contribution < -0.4 is 5.32 Å². The van der Waals surface area contributed by atoms with Gasteiger partial charge in [-0.15, -0.1) is 11.8 Å². The Morgan fingerprint density at radius 3 is 2.32 bits per heavy atom. The normalized spacial score (nSPS) is 12.8. The van der Waals surface area contributed by atoms with E-state index >= 15 is 0 Å². The average Bonchev–Trinajstić information content (AvgIpc) is 2.74. The van der Waals surface area contributed by atoms with E-state index in [2.05, 4.69) is 5.32 Å². The lowest BCUT2D eigenvalue weighted by Crippen LogP contribution is -2.51. The zero-order valence-electron chi connectivity index (χ0n) is 18.5. The second-order valence-corrected chi connectivity index (χ2v) is 9.49. The second-order valence-electron chi connectivity index (χ2n) is 7.60. The number of amides is 2. The molecule has 0 spiro atoms. The molecule has 0 aromatic heterocycles. The molecule has 0 aliphatic rings. The number of nitrogens with zero attached hydrogens (tertiary/aromatic N) is 1. The van der Waals surface area contributed by atoms with Gasteiger partial charge in [-0.05, 0) is 56.5 Å². The van der Waals surface area contributed by atoms with E-state index in [0.29, 0.717) is 16.5 Å². The van der Waals surface area contributed by atoms with Crippen LogP contribution in [0.3, 0.4) is 0 Å². The summed E-state index contributed by atoms with van der Waals surface area (Å²) in [5, 5.41) is 4.02. The molecule has 2 aromatic rings. The quantitative estimate of drug-likeness (QED) is 0.416. The van der Waals surface area contributed by atoms with Crippen LogP contribution in [0.4, 0.5) is 0 Å². The van der Waals surface area contributed by atoms with Crippen molar-refractivity contribution in [2.75, 3.05) is 5.75 Å². The van der Waals surface area contributed by atoms with Gasteiger partial charge in [-0.3, -0.25) is 9.59 Å². The zero-order valence-corrected chi connectivity index (χ0v) is 20.8. The molecule has 2 rings (SSSR count). The highest BCUT2D eigenvalue weighted by atomic mass is 35.5. The Balaban J connectivity index is 2.24. The molecule has 1 N–H and O–H groups in total. The third-order valence-electron chi connectivity index (χ3n) is 5.13. The monoisotopic (exact) mass is 480 g/mol. The predicted molar refractivity (Wildman–Crippen MR) is 131 cm³/mol. The number of hydrogen-bond acceptors (Lipinski definition) is 3. The molecule has 2 aromatic carbocycles. The highest BCUT2D eigenvalue weighted by molar-refractivity contribution is 8.00. The van der Waals surface area contributed by atoms with Crippen LogP contribution in [-0.2, 0) is 16.1 Å². The Morgan fingerprint density at radius 1 is 1.06 bits per heavy atom. The number of thioether (sulfide) groups is 1. The van der Waals surface area contributed by atoms with Crippen LogP contribution in [0, 0.1) is 6.92 Å². The maximum atomic E-state index is 13.3. The van der Waals surface area contributed by atoms with E-state index in [1.807, 2.05) is 52.0 Å². The molecule has 0 fully saturated rings. The van der Waals surface area contributed by atoms with E-state index in [-0.39, 0.29) is 30.2 Å². The van der Waals surface area contributed by atoms with Crippen molar-refractivity contribution in [1.29, 1.82) is 0 Å². The first kappa shape index (κ1) is 25.6. The first-order valence-electron chi connectivity index (χ1n) is 10.5. The molecule has 31 heavy (non-hydrogen) atoms. The molecule has 0 saturated heterocycles. The standard InChI is InChI=1S/C24H30Cl2N2O2S/c1-5-17(4)27-24(30)22(6-2)28(14-18-9-10-19(25)13-21(18)26)23(29)15-31-20-11-7-16(3)8-12-20/h7-13,17,22H,5-6,14-15H2,1-4H3,(H,27,30). The average molecular weight is 481 g/mol. The second kappa shape index (κ2) is 12.4. The molecule has 0 radical (unpaired) electrons. The van der Waals surface area contributed by atoms with Crippen molar-refractivity contribution in [3.63, 3.8) is 0 Å². The lowest BCUT2D eigenvalue weighted by atomic mass is 10.1. The number of rotatable bonds is 10. The summed E-state index contributed by atoms with van der Waals surface area (Å²) in [6, 6.07) is 12.7. The molecule has 0 saturated carbocycles. The predicted octanol–water partition coefficient (Wildman–Crippen LogP) is 6.12. The summed E-state index contributed by atoms with van der Waals surface area (Å²) in [7, 11) is 0. The van der Waals surface area contributed by atoms with Crippen LogP contribution in [0.2, 0.25) is 10.0 Å². The summed E-state index contributed by atoms with van der Waals surface area (Å²) in [5.74, 6) is -0.0140. The fourth-order valence-electron chi connectivity index (χ4n) is 3.06. The van der Waals surface area contributed by atoms with Gasteiger partial charge >= 0.3 is 0 Å². The van der Waals surface area contributed by atoms with Crippen molar-refractivity contribution >= 4 is 46.8 Å². The van der Waals surface area contributed by atoms with Crippen LogP contribution in [0.15, 0.2) is 47.4 Å². The molecule has 0 heterocycles. The Morgan fingerprint density at radius 2 is 1.74 bits per heavy atom. The minimum Gasteiger partial charge on any atom is -0.352 e. The number of hydrogen-bond donors (Lipinski definition) is 1. The lowest BCUT2D eigenvalue weighted by molar-refractivity contribution is -0.139. The Kier molecular flexibility index (Phi) is 10.2. The van der Waals surface area contributed by atoms with Gasteiger partial charge < -0.3 is 10.2 Å². The van der Waals surface area contributed by atoms with Crippen molar-refractivity contribution < 1.29 is 9.59 Å². The van der Waals surface area contributed by atoms with Crippen molar-refractivity contribution in [3.8, 4) is 0 Å². The molecular formula is C24H30Cl2N2O2S. The first-order chi connectivity index (χ1) is 14.7. The number of carbonyl (C=O) groups excluding carboxylic acids is 2. The zero-order chi connectivity index (χ0) is 23.0. The molecule has 7 heteroatoms. The van der Waals surface area contributed by atoms with Gasteiger partial charge in [0.15, 0.2) is 0 Å². The van der Waals surface area contributed by atoms with Crippen molar-refractivity contribution in [2.45, 2.75) is 64.1 Å². The maximum absolute atomic E-state index is 13.3. The van der Waals surface area contributed by atoms with E-state index in [4.69, 9.17) is 23.2 Å². The topological polar surface area (TPSA) is 49.4 Å².